The van der Waals surface area contributed by atoms with Crippen LogP contribution in [0.1, 0.15) is 73.2 Å². The minimum Gasteiger partial charge on any atom is -0.376 e. The molecule has 1 aliphatic carbocycles. The summed E-state index contributed by atoms with van der Waals surface area (Å²) in [5.74, 6) is 0.799. The third-order valence-electron chi connectivity index (χ3n) is 6.57. The lowest BCUT2D eigenvalue weighted by atomic mass is 9.84. The number of carbonyl (C=O) groups is 1. The molecule has 0 radical (unpaired) electrons. The van der Waals surface area contributed by atoms with Crippen molar-refractivity contribution < 1.29 is 17.9 Å². The molecule has 5 nitrogen and oxygen atoms in total. The van der Waals surface area contributed by atoms with E-state index in [9.17, 15) is 13.2 Å². The van der Waals surface area contributed by atoms with Gasteiger partial charge >= 0.3 is 0 Å². The van der Waals surface area contributed by atoms with Gasteiger partial charge in [0.1, 0.15) is 0 Å². The Morgan fingerprint density at radius 3 is 2.36 bits per heavy atom. The number of ether oxygens (including phenoxy) is 1. The molecule has 1 aromatic carbocycles. The standard InChI is InChI=1S/C22H31NO4S/c24-22(19-10-8-18(9-11-19)17-5-2-1-3-6-17)23(15-21-7-4-13-27-21)20-12-14-28(25,26)16-20/h8-11,17,20-21H,1-7,12-16H2/t20-,21+/m1/s1. The summed E-state index contributed by atoms with van der Waals surface area (Å²) < 4.78 is 29.7. The van der Waals surface area contributed by atoms with Crippen LogP contribution in [0.25, 0.3) is 0 Å². The summed E-state index contributed by atoms with van der Waals surface area (Å²) in [5, 5.41) is 0. The van der Waals surface area contributed by atoms with Crippen LogP contribution in [0, 0.1) is 0 Å². The minimum absolute atomic E-state index is 0.0220. The fourth-order valence-electron chi connectivity index (χ4n) is 4.93. The van der Waals surface area contributed by atoms with Crippen LogP contribution in [0.3, 0.4) is 0 Å². The molecule has 0 N–H and O–H groups in total. The Labute approximate surface area is 168 Å². The van der Waals surface area contributed by atoms with Crippen molar-refractivity contribution in [3.8, 4) is 0 Å². The number of benzene rings is 1. The average Bonchev–Trinajstić information content (AvgIpc) is 3.35. The summed E-state index contributed by atoms with van der Waals surface area (Å²) >= 11 is 0. The summed E-state index contributed by atoms with van der Waals surface area (Å²) in [4.78, 5) is 15.1. The maximum atomic E-state index is 13.3. The number of rotatable bonds is 5. The van der Waals surface area contributed by atoms with E-state index >= 15 is 0 Å². The molecule has 2 aliphatic heterocycles. The number of carbonyl (C=O) groups excluding carboxylic acids is 1. The lowest BCUT2D eigenvalue weighted by molar-refractivity contribution is 0.0441. The van der Waals surface area contributed by atoms with Gasteiger partial charge in [0.25, 0.3) is 5.91 Å². The molecule has 3 aliphatic rings. The van der Waals surface area contributed by atoms with Gasteiger partial charge in [-0.3, -0.25) is 4.79 Å². The van der Waals surface area contributed by atoms with Crippen molar-refractivity contribution >= 4 is 15.7 Å². The number of sulfone groups is 1. The van der Waals surface area contributed by atoms with Gasteiger partial charge in [0.05, 0.1) is 17.6 Å². The molecule has 3 fully saturated rings. The Morgan fingerprint density at radius 2 is 1.75 bits per heavy atom. The topological polar surface area (TPSA) is 63.7 Å². The van der Waals surface area contributed by atoms with Crippen LogP contribution >= 0.6 is 0 Å². The maximum absolute atomic E-state index is 13.3. The van der Waals surface area contributed by atoms with E-state index in [1.54, 1.807) is 4.90 Å². The zero-order valence-electron chi connectivity index (χ0n) is 16.5. The normalized spacial score (nSPS) is 27.7. The molecule has 2 saturated heterocycles. The highest BCUT2D eigenvalue weighted by atomic mass is 32.2. The highest BCUT2D eigenvalue weighted by Crippen LogP contribution is 2.33. The Balaban J connectivity index is 1.50. The van der Waals surface area contributed by atoms with Crippen molar-refractivity contribution in [2.45, 2.75) is 69.4 Å². The van der Waals surface area contributed by atoms with Crippen molar-refractivity contribution in [3.63, 3.8) is 0 Å². The predicted octanol–water partition coefficient (Wildman–Crippen LogP) is 3.54. The minimum atomic E-state index is -3.05. The molecule has 2 heterocycles. The van der Waals surface area contributed by atoms with E-state index in [2.05, 4.69) is 12.1 Å². The lowest BCUT2D eigenvalue weighted by Crippen LogP contribution is -2.45. The molecule has 0 spiro atoms. The molecule has 6 heteroatoms. The van der Waals surface area contributed by atoms with Crippen LogP contribution in [0.5, 0.6) is 0 Å². The van der Waals surface area contributed by atoms with Gasteiger partial charge in [0.2, 0.25) is 0 Å². The van der Waals surface area contributed by atoms with E-state index in [0.29, 0.717) is 24.4 Å². The largest absolute Gasteiger partial charge is 0.376 e. The molecule has 1 amide bonds. The second-order valence-electron chi connectivity index (χ2n) is 8.61. The van der Waals surface area contributed by atoms with Crippen molar-refractivity contribution in [2.75, 3.05) is 24.7 Å². The van der Waals surface area contributed by atoms with Crippen LogP contribution < -0.4 is 0 Å². The van der Waals surface area contributed by atoms with E-state index in [1.807, 2.05) is 12.1 Å². The van der Waals surface area contributed by atoms with E-state index in [1.165, 1.54) is 37.7 Å². The summed E-state index contributed by atoms with van der Waals surface area (Å²) in [6.07, 6.45) is 8.87. The third kappa shape index (κ3) is 4.60. The van der Waals surface area contributed by atoms with E-state index < -0.39 is 9.84 Å². The van der Waals surface area contributed by atoms with Crippen molar-refractivity contribution in [3.05, 3.63) is 35.4 Å². The lowest BCUT2D eigenvalue weighted by Gasteiger charge is -2.30. The molecule has 28 heavy (non-hydrogen) atoms. The monoisotopic (exact) mass is 405 g/mol. The SMILES string of the molecule is O=C(c1ccc(C2CCCCC2)cc1)N(C[C@@H]1CCCO1)[C@@H]1CCS(=O)(=O)C1. The van der Waals surface area contributed by atoms with Crippen LogP contribution in [0.15, 0.2) is 24.3 Å². The maximum Gasteiger partial charge on any atom is 0.254 e. The van der Waals surface area contributed by atoms with Crippen LogP contribution in [-0.2, 0) is 14.6 Å². The highest BCUT2D eigenvalue weighted by Gasteiger charge is 2.36. The van der Waals surface area contributed by atoms with Gasteiger partial charge < -0.3 is 9.64 Å². The number of hydrogen-bond donors (Lipinski definition) is 0. The first-order valence-electron chi connectivity index (χ1n) is 10.7. The first kappa shape index (κ1) is 19.9. The molecule has 0 aromatic heterocycles. The van der Waals surface area contributed by atoms with Crippen molar-refractivity contribution in [2.24, 2.45) is 0 Å². The van der Waals surface area contributed by atoms with Crippen molar-refractivity contribution in [1.82, 2.24) is 4.90 Å². The van der Waals surface area contributed by atoms with Gasteiger partial charge in [-0.1, -0.05) is 31.4 Å². The number of amides is 1. The third-order valence-corrected chi connectivity index (χ3v) is 8.32. The zero-order chi connectivity index (χ0) is 19.6. The van der Waals surface area contributed by atoms with Gasteiger partial charge in [-0.25, -0.2) is 8.42 Å². The molecule has 1 saturated carbocycles. The molecule has 4 rings (SSSR count). The first-order chi connectivity index (χ1) is 13.5. The van der Waals surface area contributed by atoms with Gasteiger partial charge in [0.15, 0.2) is 9.84 Å². The Bertz CT molecular complexity index is 777. The van der Waals surface area contributed by atoms with E-state index in [-0.39, 0.29) is 29.6 Å². The van der Waals surface area contributed by atoms with Crippen LogP contribution in [0.4, 0.5) is 0 Å². The Morgan fingerprint density at radius 1 is 1.00 bits per heavy atom. The molecule has 0 bridgehead atoms. The second-order valence-corrected chi connectivity index (χ2v) is 10.8. The molecule has 1 aromatic rings. The summed E-state index contributed by atoms with van der Waals surface area (Å²) in [6, 6.07) is 7.81. The smallest absolute Gasteiger partial charge is 0.254 e. The molecule has 154 valence electrons. The fourth-order valence-corrected chi connectivity index (χ4v) is 6.66. The van der Waals surface area contributed by atoms with Crippen LogP contribution in [-0.4, -0.2) is 56.0 Å². The molecule has 2 atom stereocenters. The highest BCUT2D eigenvalue weighted by molar-refractivity contribution is 7.91. The van der Waals surface area contributed by atoms with E-state index in [4.69, 9.17) is 4.74 Å². The van der Waals surface area contributed by atoms with Crippen LogP contribution in [0.2, 0.25) is 0 Å². The summed E-state index contributed by atoms with van der Waals surface area (Å²) in [5.41, 5.74) is 1.98. The van der Waals surface area contributed by atoms with Gasteiger partial charge in [-0.2, -0.15) is 0 Å². The van der Waals surface area contributed by atoms with Gasteiger partial charge in [0, 0.05) is 24.8 Å². The molecular formula is C22H31NO4S. The first-order valence-corrected chi connectivity index (χ1v) is 12.6. The second kappa shape index (κ2) is 8.54. The quantitative estimate of drug-likeness (QED) is 0.752. The van der Waals surface area contributed by atoms with E-state index in [0.717, 1.165) is 19.4 Å². The van der Waals surface area contributed by atoms with Gasteiger partial charge in [-0.05, 0) is 55.7 Å². The Hall–Kier alpha value is -1.40. The Kier molecular flexibility index (Phi) is 6.07. The molecule has 0 unspecified atom stereocenters. The average molecular weight is 406 g/mol. The number of nitrogens with zero attached hydrogens (tertiary/aromatic N) is 1. The zero-order valence-corrected chi connectivity index (χ0v) is 17.3. The van der Waals surface area contributed by atoms with Crippen molar-refractivity contribution in [1.29, 1.82) is 0 Å². The fraction of sp³-hybridized carbons (Fsp3) is 0.682. The summed E-state index contributed by atoms with van der Waals surface area (Å²) in [7, 11) is -3.05. The number of hydrogen-bond acceptors (Lipinski definition) is 4. The summed E-state index contributed by atoms with van der Waals surface area (Å²) in [6.45, 7) is 1.22. The van der Waals surface area contributed by atoms with Gasteiger partial charge in [-0.15, -0.1) is 0 Å². The molecular weight excluding hydrogens is 374 g/mol. The predicted molar refractivity (Wildman–Crippen MR) is 109 cm³/mol.